The molecular weight excluding hydrogens is 1320 g/mol. The number of rotatable bonds is 46. The summed E-state index contributed by atoms with van der Waals surface area (Å²) in [7, 11) is 0. The number of nitriles is 1. The van der Waals surface area contributed by atoms with Crippen molar-refractivity contribution in [3.05, 3.63) is 124 Å². The van der Waals surface area contributed by atoms with E-state index in [2.05, 4.69) is 71.5 Å². The zero-order valence-corrected chi connectivity index (χ0v) is 55.4. The van der Waals surface area contributed by atoms with Crippen LogP contribution < -0.4 is 31.7 Å². The van der Waals surface area contributed by atoms with Gasteiger partial charge in [0, 0.05) is 60.3 Å². The van der Waals surface area contributed by atoms with E-state index in [1.54, 1.807) is 30.7 Å². The number of halogens is 3. The van der Waals surface area contributed by atoms with Crippen molar-refractivity contribution in [2.45, 2.75) is 77.7 Å². The topological polar surface area (TPSA) is 406 Å². The molecule has 8 aromatic rings. The highest BCUT2D eigenvalue weighted by Gasteiger charge is 2.24. The first-order chi connectivity index (χ1) is 48.1. The number of nitrogens with zero attached hydrogens (tertiary/aromatic N) is 12. The summed E-state index contributed by atoms with van der Waals surface area (Å²) in [4.78, 5) is 70.7. The molecule has 2 aromatic carbocycles. The monoisotopic (exact) mass is 1390 g/mol. The maximum atomic E-state index is 15.5. The Morgan fingerprint density at radius 3 is 2.02 bits per heavy atom. The minimum Gasteiger partial charge on any atom is -0.492 e. The standard InChI is InChI=1S/C65H78ClF2N17O14/c1-41(49-32-43(34-69)6-11-50(49)67)77-58-55(66)42(2)76-53-33-51(68)56(80-57(53)58)45-35-74-65(75-36-45)99-16-5-3-4-15-85-39-48(83-84-85)40-98-31-30-97-29-28-96-27-26-95-25-24-94-23-22-93-21-20-92-19-18-91-17-14-71-54(86)13-12-52(63(89)90)79-61(87)44-7-9-46(10-8-44)72-37-47-38-73-60-59(78-47)62(88)82-64(70)81-60/h6-11,32-33,35-36,38-39,41,52,72H,3-5,12-31,37,40H2,1-2H3,(H,71,86)(H,76,77)(H,79,87)(H,89,90)(H3,70,73,81,82,88)/t41-,52+/m1/s1. The van der Waals surface area contributed by atoms with Crippen LogP contribution in [0.1, 0.15) is 83.6 Å². The van der Waals surface area contributed by atoms with Crippen molar-refractivity contribution in [3.8, 4) is 29.2 Å². The number of unbranched alkanes of at least 4 members (excludes halogenated alkanes) is 2. The Morgan fingerprint density at radius 1 is 0.727 bits per heavy atom. The zero-order chi connectivity index (χ0) is 70.1. The van der Waals surface area contributed by atoms with Crippen LogP contribution in [0.15, 0.2) is 73.3 Å². The third kappa shape index (κ3) is 24.7. The molecule has 2 amide bonds. The fourth-order valence-corrected chi connectivity index (χ4v) is 9.57. The number of benzene rings is 2. The molecule has 99 heavy (non-hydrogen) atoms. The minimum absolute atomic E-state index is 0.0373. The van der Waals surface area contributed by atoms with Crippen LogP contribution in [0.25, 0.3) is 33.5 Å². The smallest absolute Gasteiger partial charge is 0.326 e. The number of carboxylic acid groups (broad SMARTS) is 1. The lowest BCUT2D eigenvalue weighted by Gasteiger charge is -2.20. The first-order valence-electron chi connectivity index (χ1n) is 31.8. The number of nitrogens with two attached hydrogens (primary N) is 1. The normalized spacial score (nSPS) is 12.0. The Labute approximate surface area is 572 Å². The molecule has 8 rings (SSSR count). The molecule has 0 bridgehead atoms. The fraction of sp³-hybridized carbons (Fsp3) is 0.446. The molecule has 0 aliphatic rings. The van der Waals surface area contributed by atoms with Gasteiger partial charge >= 0.3 is 12.0 Å². The van der Waals surface area contributed by atoms with E-state index in [1.165, 1.54) is 55.0 Å². The number of hydrogen-bond donors (Lipinski definition) is 7. The third-order valence-corrected chi connectivity index (χ3v) is 14.9. The van der Waals surface area contributed by atoms with Gasteiger partial charge in [0.05, 0.1) is 177 Å². The molecule has 6 heterocycles. The van der Waals surface area contributed by atoms with Gasteiger partial charge in [-0.1, -0.05) is 16.8 Å². The highest BCUT2D eigenvalue weighted by molar-refractivity contribution is 6.35. The number of carbonyl (C=O) groups excluding carboxylic acids is 2. The van der Waals surface area contributed by atoms with E-state index < -0.39 is 35.6 Å². The molecule has 31 nitrogen and oxygen atoms in total. The predicted molar refractivity (Wildman–Crippen MR) is 354 cm³/mol. The number of aliphatic carboxylic acids is 1. The van der Waals surface area contributed by atoms with Crippen molar-refractivity contribution >= 4 is 68.9 Å². The maximum Gasteiger partial charge on any atom is 0.326 e. The number of aromatic nitrogens is 11. The van der Waals surface area contributed by atoms with E-state index in [4.69, 9.17) is 60.0 Å². The Morgan fingerprint density at radius 2 is 1.37 bits per heavy atom. The molecule has 0 saturated carbocycles. The van der Waals surface area contributed by atoms with Gasteiger partial charge in [-0.05, 0) is 82.0 Å². The average molecular weight is 1390 g/mol. The van der Waals surface area contributed by atoms with Crippen LogP contribution >= 0.6 is 11.6 Å². The van der Waals surface area contributed by atoms with Crippen LogP contribution in [-0.4, -0.2) is 201 Å². The molecule has 0 fully saturated rings. The quantitative estimate of drug-likeness (QED) is 0.0207. The summed E-state index contributed by atoms with van der Waals surface area (Å²) in [5, 5.41) is 49.1. The number of nitrogen functional groups attached to an aromatic ring is 1. The van der Waals surface area contributed by atoms with Crippen molar-refractivity contribution in [2.75, 3.05) is 129 Å². The molecule has 0 aliphatic carbocycles. The van der Waals surface area contributed by atoms with Crippen LogP contribution in [0.5, 0.6) is 11.9 Å². The number of aryl methyl sites for hydroxylation is 2. The lowest BCUT2D eigenvalue weighted by molar-refractivity contribution is -0.139. The van der Waals surface area contributed by atoms with Crippen molar-refractivity contribution < 1.29 is 76.0 Å². The maximum absolute atomic E-state index is 15.5. The molecule has 0 aliphatic heterocycles. The molecule has 8 N–H and O–H groups in total. The first-order valence-corrected chi connectivity index (χ1v) is 32.2. The second-order valence-electron chi connectivity index (χ2n) is 21.9. The highest BCUT2D eigenvalue weighted by Crippen LogP contribution is 2.37. The van der Waals surface area contributed by atoms with E-state index in [1.807, 2.05) is 12.3 Å². The second-order valence-corrected chi connectivity index (χ2v) is 22.3. The summed E-state index contributed by atoms with van der Waals surface area (Å²) >= 11 is 6.69. The Balaban J connectivity index is 0.545. The molecule has 2 atom stereocenters. The van der Waals surface area contributed by atoms with Gasteiger partial charge in [-0.3, -0.25) is 14.3 Å². The van der Waals surface area contributed by atoms with Gasteiger partial charge in [-0.15, -0.1) is 5.10 Å². The number of carbonyl (C=O) groups is 3. The number of nitrogens with one attached hydrogen (secondary N) is 4. The molecular formula is C65H78ClF2N17O14. The largest absolute Gasteiger partial charge is 0.492 e. The molecule has 0 unspecified atom stereocenters. The fourth-order valence-electron chi connectivity index (χ4n) is 9.38. The summed E-state index contributed by atoms with van der Waals surface area (Å²) in [6.45, 7) is 10.8. The minimum atomic E-state index is -1.29. The van der Waals surface area contributed by atoms with Crippen LogP contribution in [-0.2, 0) is 67.2 Å². The van der Waals surface area contributed by atoms with Gasteiger partial charge in [0.15, 0.2) is 17.0 Å². The van der Waals surface area contributed by atoms with Crippen LogP contribution in [0, 0.1) is 29.9 Å². The summed E-state index contributed by atoms with van der Waals surface area (Å²) < 4.78 is 82.2. The molecule has 0 spiro atoms. The Kier molecular flexibility index (Phi) is 30.6. The summed E-state index contributed by atoms with van der Waals surface area (Å²) in [6, 6.07) is 11.8. The number of pyridine rings is 2. The molecule has 34 heteroatoms. The van der Waals surface area contributed by atoms with E-state index >= 15 is 4.39 Å². The van der Waals surface area contributed by atoms with Crippen molar-refractivity contribution in [3.63, 3.8) is 0 Å². The van der Waals surface area contributed by atoms with Gasteiger partial charge in [-0.2, -0.15) is 15.2 Å². The van der Waals surface area contributed by atoms with Gasteiger partial charge in [0.1, 0.15) is 28.8 Å². The summed E-state index contributed by atoms with van der Waals surface area (Å²) in [5.41, 5.74) is 9.87. The van der Waals surface area contributed by atoms with Gasteiger partial charge < -0.3 is 79.8 Å². The second kappa shape index (κ2) is 40.3. The van der Waals surface area contributed by atoms with Crippen molar-refractivity contribution in [1.82, 2.24) is 65.5 Å². The Bertz CT molecular complexity index is 3940. The first kappa shape index (κ1) is 75.1. The van der Waals surface area contributed by atoms with Crippen molar-refractivity contribution in [1.29, 1.82) is 5.26 Å². The number of hydrogen-bond acceptors (Lipinski definition) is 27. The average Bonchev–Trinajstić information content (AvgIpc) is 0.975. The molecule has 6 aromatic heterocycles. The molecule has 0 saturated heterocycles. The lowest BCUT2D eigenvalue weighted by Crippen LogP contribution is -2.41. The van der Waals surface area contributed by atoms with E-state index in [0.29, 0.717) is 152 Å². The van der Waals surface area contributed by atoms with E-state index in [9.17, 15) is 34.2 Å². The lowest BCUT2D eigenvalue weighted by atomic mass is 10.0. The van der Waals surface area contributed by atoms with E-state index in [-0.39, 0.29) is 100 Å². The highest BCUT2D eigenvalue weighted by atomic mass is 35.5. The van der Waals surface area contributed by atoms with Gasteiger partial charge in [-0.25, -0.2) is 43.5 Å². The number of ether oxygens (including phenoxy) is 9. The summed E-state index contributed by atoms with van der Waals surface area (Å²) in [6.07, 6.45) is 8.30. The van der Waals surface area contributed by atoms with Crippen LogP contribution in [0.3, 0.4) is 0 Å². The SMILES string of the molecule is Cc1nc2cc(F)c(-c3cnc(OCCCCCn4cc(COCCOCCOCCOCCOCCOCCOCCOCCNC(=O)CC[C@H](NC(=O)c5ccc(NCc6cnc7nc(N)nc(O)c7n6)cc5)C(=O)O)nn4)nc3)nc2c(N[C@H](C)c2cc(C#N)ccc2F)c1Cl. The Hall–Kier alpha value is -9.63. The molecule has 0 radical (unpaired) electrons. The number of aromatic hydroxyl groups is 1. The van der Waals surface area contributed by atoms with Crippen molar-refractivity contribution in [2.24, 2.45) is 0 Å². The van der Waals surface area contributed by atoms with Crippen LogP contribution in [0.4, 0.5) is 26.1 Å². The van der Waals surface area contributed by atoms with Crippen LogP contribution in [0.2, 0.25) is 5.02 Å². The van der Waals surface area contributed by atoms with Gasteiger partial charge in [0.25, 0.3) is 5.91 Å². The zero-order valence-electron chi connectivity index (χ0n) is 54.6. The third-order valence-electron chi connectivity index (χ3n) is 14.5. The number of amides is 2. The number of fused-ring (bicyclic) bond motifs is 2. The molecule has 528 valence electrons. The predicted octanol–water partition coefficient (Wildman–Crippen LogP) is 6.26. The van der Waals surface area contributed by atoms with Gasteiger partial charge in [0.2, 0.25) is 17.7 Å². The number of carboxylic acids is 1. The number of anilines is 3. The van der Waals surface area contributed by atoms with E-state index in [0.717, 1.165) is 19.3 Å². The summed E-state index contributed by atoms with van der Waals surface area (Å²) in [5.74, 6) is -3.95.